The van der Waals surface area contributed by atoms with Crippen molar-refractivity contribution in [2.75, 3.05) is 12.8 Å². The summed E-state index contributed by atoms with van der Waals surface area (Å²) in [5.74, 6) is -0.00648. The van der Waals surface area contributed by atoms with Gasteiger partial charge in [-0.1, -0.05) is 0 Å². The first-order chi connectivity index (χ1) is 5.95. The van der Waals surface area contributed by atoms with Crippen LogP contribution in [0.15, 0.2) is 12.3 Å². The van der Waals surface area contributed by atoms with Gasteiger partial charge in [-0.25, -0.2) is 4.98 Å². The summed E-state index contributed by atoms with van der Waals surface area (Å²) in [5, 5.41) is 0. The molecule has 0 aliphatic carbocycles. The summed E-state index contributed by atoms with van der Waals surface area (Å²) >= 11 is 0. The highest BCUT2D eigenvalue weighted by molar-refractivity contribution is 5.49. The summed E-state index contributed by atoms with van der Waals surface area (Å²) < 4.78 is 40.8. The second-order valence-corrected chi connectivity index (χ2v) is 2.32. The van der Waals surface area contributed by atoms with Gasteiger partial charge in [-0.05, 0) is 6.07 Å². The molecule has 0 aromatic carbocycles. The van der Waals surface area contributed by atoms with E-state index in [1.807, 2.05) is 0 Å². The fourth-order valence-corrected chi connectivity index (χ4v) is 0.795. The van der Waals surface area contributed by atoms with Gasteiger partial charge in [0, 0.05) is 6.20 Å². The Bertz CT molecular complexity index is 311. The molecule has 0 spiro atoms. The van der Waals surface area contributed by atoms with Crippen LogP contribution in [0.3, 0.4) is 0 Å². The molecule has 0 atom stereocenters. The van der Waals surface area contributed by atoms with Crippen molar-refractivity contribution in [1.82, 2.24) is 4.98 Å². The van der Waals surface area contributed by atoms with Gasteiger partial charge < -0.3 is 10.5 Å². The average molecular weight is 192 g/mol. The van der Waals surface area contributed by atoms with Gasteiger partial charge in [-0.3, -0.25) is 0 Å². The van der Waals surface area contributed by atoms with Crippen LogP contribution in [0.5, 0.6) is 5.88 Å². The number of aromatic nitrogens is 1. The van der Waals surface area contributed by atoms with Crippen molar-refractivity contribution in [3.63, 3.8) is 0 Å². The minimum Gasteiger partial charge on any atom is -0.480 e. The van der Waals surface area contributed by atoms with Crippen LogP contribution in [0.2, 0.25) is 0 Å². The maximum absolute atomic E-state index is 12.1. The van der Waals surface area contributed by atoms with Crippen molar-refractivity contribution in [3.8, 4) is 5.88 Å². The predicted octanol–water partition coefficient (Wildman–Crippen LogP) is 1.69. The minimum absolute atomic E-state index is 0.00648. The molecule has 0 fully saturated rings. The van der Waals surface area contributed by atoms with E-state index < -0.39 is 11.7 Å². The SMILES string of the molecule is COc1ncc(C(F)(F)F)cc1N. The number of halogens is 3. The molecule has 0 saturated heterocycles. The van der Waals surface area contributed by atoms with Crippen LogP contribution in [0.4, 0.5) is 18.9 Å². The molecule has 1 rings (SSSR count). The standard InChI is InChI=1S/C7H7F3N2O/c1-13-6-5(11)2-4(3-12-6)7(8,9)10/h2-3H,11H2,1H3. The molecule has 0 amide bonds. The molecule has 0 unspecified atom stereocenters. The number of hydrogen-bond donors (Lipinski definition) is 1. The van der Waals surface area contributed by atoms with E-state index in [1.165, 1.54) is 7.11 Å². The molecular weight excluding hydrogens is 185 g/mol. The van der Waals surface area contributed by atoms with E-state index in [-0.39, 0.29) is 11.6 Å². The van der Waals surface area contributed by atoms with Crippen molar-refractivity contribution < 1.29 is 17.9 Å². The van der Waals surface area contributed by atoms with Gasteiger partial charge in [-0.2, -0.15) is 13.2 Å². The number of alkyl halides is 3. The Morgan fingerprint density at radius 3 is 2.46 bits per heavy atom. The minimum atomic E-state index is -4.42. The summed E-state index contributed by atoms with van der Waals surface area (Å²) in [5.41, 5.74) is 4.23. The molecule has 6 heteroatoms. The number of anilines is 1. The Labute approximate surface area is 72.3 Å². The van der Waals surface area contributed by atoms with E-state index in [2.05, 4.69) is 9.72 Å². The third kappa shape index (κ3) is 2.01. The largest absolute Gasteiger partial charge is 0.480 e. The van der Waals surface area contributed by atoms with Crippen molar-refractivity contribution in [3.05, 3.63) is 17.8 Å². The van der Waals surface area contributed by atoms with E-state index >= 15 is 0 Å². The maximum atomic E-state index is 12.1. The molecule has 0 aliphatic rings. The molecule has 3 nitrogen and oxygen atoms in total. The van der Waals surface area contributed by atoms with Gasteiger partial charge >= 0.3 is 6.18 Å². The Hall–Kier alpha value is -1.46. The highest BCUT2D eigenvalue weighted by Gasteiger charge is 2.31. The lowest BCUT2D eigenvalue weighted by Gasteiger charge is -2.08. The van der Waals surface area contributed by atoms with Gasteiger partial charge in [0.05, 0.1) is 18.4 Å². The number of nitrogen functional groups attached to an aromatic ring is 1. The normalized spacial score (nSPS) is 11.4. The van der Waals surface area contributed by atoms with Gasteiger partial charge in [0.15, 0.2) is 0 Å². The lowest BCUT2D eigenvalue weighted by atomic mass is 10.2. The monoisotopic (exact) mass is 192 g/mol. The molecule has 0 saturated carbocycles. The summed E-state index contributed by atoms with van der Waals surface area (Å²) in [6.07, 6.45) is -3.75. The van der Waals surface area contributed by atoms with Crippen LogP contribution in [-0.2, 0) is 6.18 Å². The number of ether oxygens (including phenoxy) is 1. The number of rotatable bonds is 1. The zero-order chi connectivity index (χ0) is 10.1. The lowest BCUT2D eigenvalue weighted by molar-refractivity contribution is -0.137. The summed E-state index contributed by atoms with van der Waals surface area (Å²) in [4.78, 5) is 3.40. The number of pyridine rings is 1. The molecular formula is C7H7F3N2O. The van der Waals surface area contributed by atoms with Crippen molar-refractivity contribution >= 4 is 5.69 Å². The van der Waals surface area contributed by atoms with Crippen LogP contribution in [0.1, 0.15) is 5.56 Å². The second-order valence-electron chi connectivity index (χ2n) is 2.32. The second kappa shape index (κ2) is 3.12. The molecule has 1 heterocycles. The van der Waals surface area contributed by atoms with E-state index in [1.54, 1.807) is 0 Å². The summed E-state index contributed by atoms with van der Waals surface area (Å²) in [6.45, 7) is 0. The first kappa shape index (κ1) is 9.63. The first-order valence-corrected chi connectivity index (χ1v) is 3.32. The quantitative estimate of drug-likeness (QED) is 0.736. The summed E-state index contributed by atoms with van der Waals surface area (Å²) in [7, 11) is 1.28. The van der Waals surface area contributed by atoms with Crippen LogP contribution in [-0.4, -0.2) is 12.1 Å². The average Bonchev–Trinajstić information content (AvgIpc) is 2.02. The van der Waals surface area contributed by atoms with Crippen molar-refractivity contribution in [2.24, 2.45) is 0 Å². The molecule has 13 heavy (non-hydrogen) atoms. The first-order valence-electron chi connectivity index (χ1n) is 3.32. The Balaban J connectivity index is 3.10. The molecule has 72 valence electrons. The van der Waals surface area contributed by atoms with Crippen LogP contribution in [0.25, 0.3) is 0 Å². The molecule has 1 aromatic rings. The molecule has 0 aliphatic heterocycles. The number of nitrogens with two attached hydrogens (primary N) is 1. The fourth-order valence-electron chi connectivity index (χ4n) is 0.795. The van der Waals surface area contributed by atoms with Crippen LogP contribution < -0.4 is 10.5 Å². The third-order valence-corrected chi connectivity index (χ3v) is 1.40. The van der Waals surface area contributed by atoms with E-state index in [4.69, 9.17) is 5.73 Å². The third-order valence-electron chi connectivity index (χ3n) is 1.40. The smallest absolute Gasteiger partial charge is 0.417 e. The molecule has 0 radical (unpaired) electrons. The number of methoxy groups -OCH3 is 1. The van der Waals surface area contributed by atoms with E-state index in [9.17, 15) is 13.2 Å². The Kier molecular flexibility index (Phi) is 2.31. The van der Waals surface area contributed by atoms with E-state index in [0.29, 0.717) is 6.20 Å². The lowest BCUT2D eigenvalue weighted by Crippen LogP contribution is -2.07. The fraction of sp³-hybridized carbons (Fsp3) is 0.286. The van der Waals surface area contributed by atoms with Crippen molar-refractivity contribution in [1.29, 1.82) is 0 Å². The topological polar surface area (TPSA) is 48.1 Å². The number of nitrogens with zero attached hydrogens (tertiary/aromatic N) is 1. The number of hydrogen-bond acceptors (Lipinski definition) is 3. The van der Waals surface area contributed by atoms with Gasteiger partial charge in [0.25, 0.3) is 0 Å². The highest BCUT2D eigenvalue weighted by atomic mass is 19.4. The van der Waals surface area contributed by atoms with Gasteiger partial charge in [0.2, 0.25) is 5.88 Å². The van der Waals surface area contributed by atoms with E-state index in [0.717, 1.165) is 6.07 Å². The zero-order valence-electron chi connectivity index (χ0n) is 6.72. The van der Waals surface area contributed by atoms with Gasteiger partial charge in [-0.15, -0.1) is 0 Å². The molecule has 2 N–H and O–H groups in total. The van der Waals surface area contributed by atoms with Crippen molar-refractivity contribution in [2.45, 2.75) is 6.18 Å². The van der Waals surface area contributed by atoms with Crippen LogP contribution >= 0.6 is 0 Å². The van der Waals surface area contributed by atoms with Gasteiger partial charge in [0.1, 0.15) is 0 Å². The molecule has 0 bridgehead atoms. The zero-order valence-corrected chi connectivity index (χ0v) is 6.72. The highest BCUT2D eigenvalue weighted by Crippen LogP contribution is 2.31. The van der Waals surface area contributed by atoms with Crippen LogP contribution in [0, 0.1) is 0 Å². The molecule has 1 aromatic heterocycles. The Morgan fingerprint density at radius 2 is 2.08 bits per heavy atom. The Morgan fingerprint density at radius 1 is 1.46 bits per heavy atom. The maximum Gasteiger partial charge on any atom is 0.417 e. The predicted molar refractivity (Wildman–Crippen MR) is 40.2 cm³/mol. The summed E-state index contributed by atoms with van der Waals surface area (Å²) in [6, 6.07) is 0.784.